The average molecular weight is 327 g/mol. The van der Waals surface area contributed by atoms with Crippen LogP contribution in [0.15, 0.2) is 18.2 Å². The Balaban J connectivity index is 2.36. The summed E-state index contributed by atoms with van der Waals surface area (Å²) in [6.45, 7) is 9.16. The van der Waals surface area contributed by atoms with Crippen LogP contribution < -0.4 is 5.32 Å². The normalized spacial score (nSPS) is 18.4. The minimum Gasteiger partial charge on any atom is -0.341 e. The fraction of sp³-hybridized carbons (Fsp3) is 0.611. The summed E-state index contributed by atoms with van der Waals surface area (Å²) in [5.74, 6) is -0.675. The molecule has 0 heterocycles. The van der Waals surface area contributed by atoms with Gasteiger partial charge in [-0.15, -0.1) is 0 Å². The Morgan fingerprint density at radius 1 is 1.17 bits per heavy atom. The molecule has 0 bridgehead atoms. The quantitative estimate of drug-likeness (QED) is 0.855. The van der Waals surface area contributed by atoms with Crippen molar-refractivity contribution in [3.8, 4) is 0 Å². The fourth-order valence-electron chi connectivity index (χ4n) is 2.38. The number of hydrogen-bond donors (Lipinski definition) is 1. The van der Waals surface area contributed by atoms with Crippen LogP contribution in [0.1, 0.15) is 68.9 Å². The molecule has 1 N–H and O–H groups in total. The SMILES string of the molecule is CC(NC(=O)c1cc(C(C)(C)C)cc(C2(C)CC2)c1)C(F)(F)F. The summed E-state index contributed by atoms with van der Waals surface area (Å²) >= 11 is 0. The Kier molecular flexibility index (Phi) is 4.29. The fourth-order valence-corrected chi connectivity index (χ4v) is 2.38. The minimum atomic E-state index is -4.44. The van der Waals surface area contributed by atoms with E-state index in [0.717, 1.165) is 30.9 Å². The van der Waals surface area contributed by atoms with Gasteiger partial charge in [-0.1, -0.05) is 33.8 Å². The number of benzene rings is 1. The maximum absolute atomic E-state index is 12.7. The van der Waals surface area contributed by atoms with E-state index in [4.69, 9.17) is 0 Å². The van der Waals surface area contributed by atoms with Gasteiger partial charge in [-0.25, -0.2) is 0 Å². The number of alkyl halides is 3. The molecule has 1 atom stereocenters. The van der Waals surface area contributed by atoms with Crippen LogP contribution >= 0.6 is 0 Å². The van der Waals surface area contributed by atoms with Crippen molar-refractivity contribution in [1.29, 1.82) is 0 Å². The lowest BCUT2D eigenvalue weighted by molar-refractivity contribution is -0.149. The van der Waals surface area contributed by atoms with Crippen molar-refractivity contribution in [1.82, 2.24) is 5.32 Å². The molecule has 2 nitrogen and oxygen atoms in total. The topological polar surface area (TPSA) is 29.1 Å². The van der Waals surface area contributed by atoms with Crippen molar-refractivity contribution >= 4 is 5.91 Å². The highest BCUT2D eigenvalue weighted by atomic mass is 19.4. The molecule has 5 heteroatoms. The van der Waals surface area contributed by atoms with Crippen molar-refractivity contribution in [3.05, 3.63) is 34.9 Å². The first kappa shape index (κ1) is 17.8. The Morgan fingerprint density at radius 2 is 1.74 bits per heavy atom. The van der Waals surface area contributed by atoms with Crippen molar-refractivity contribution in [3.63, 3.8) is 0 Å². The summed E-state index contributed by atoms with van der Waals surface area (Å²) in [4.78, 5) is 12.3. The molecule has 0 aliphatic heterocycles. The van der Waals surface area contributed by atoms with E-state index in [1.165, 1.54) is 0 Å². The van der Waals surface area contributed by atoms with Crippen LogP contribution in [-0.4, -0.2) is 18.1 Å². The van der Waals surface area contributed by atoms with Gasteiger partial charge in [-0.05, 0) is 53.9 Å². The summed E-state index contributed by atoms with van der Waals surface area (Å²) in [6, 6.07) is 3.65. The lowest BCUT2D eigenvalue weighted by Crippen LogP contribution is -2.43. The molecule has 0 aromatic heterocycles. The van der Waals surface area contributed by atoms with Gasteiger partial charge in [0, 0.05) is 5.56 Å². The minimum absolute atomic E-state index is 0.0476. The standard InChI is InChI=1S/C18H24F3NO/c1-11(18(19,20)21)22-15(23)12-8-13(16(2,3)4)10-14(9-12)17(5)6-7-17/h8-11H,6-7H2,1-5H3,(H,22,23). The van der Waals surface area contributed by atoms with E-state index in [-0.39, 0.29) is 10.8 Å². The summed E-state index contributed by atoms with van der Waals surface area (Å²) < 4.78 is 38.0. The zero-order chi connectivity index (χ0) is 17.6. The summed E-state index contributed by atoms with van der Waals surface area (Å²) in [5, 5.41) is 2.05. The van der Waals surface area contributed by atoms with Crippen LogP contribution in [0, 0.1) is 0 Å². The Labute approximate surface area is 135 Å². The third-order valence-electron chi connectivity index (χ3n) is 4.60. The Morgan fingerprint density at radius 3 is 2.17 bits per heavy atom. The largest absolute Gasteiger partial charge is 0.408 e. The lowest BCUT2D eigenvalue weighted by atomic mass is 9.82. The molecular formula is C18H24F3NO. The zero-order valence-corrected chi connectivity index (χ0v) is 14.3. The molecule has 128 valence electrons. The number of rotatable bonds is 3. The highest BCUT2D eigenvalue weighted by molar-refractivity contribution is 5.95. The van der Waals surface area contributed by atoms with Crippen LogP contribution in [0.5, 0.6) is 0 Å². The third-order valence-corrected chi connectivity index (χ3v) is 4.60. The van der Waals surface area contributed by atoms with Crippen LogP contribution in [0.25, 0.3) is 0 Å². The van der Waals surface area contributed by atoms with E-state index < -0.39 is 18.1 Å². The smallest absolute Gasteiger partial charge is 0.341 e. The molecule has 1 aliphatic carbocycles. The van der Waals surface area contributed by atoms with Gasteiger partial charge in [0.2, 0.25) is 0 Å². The van der Waals surface area contributed by atoms with E-state index in [1.54, 1.807) is 12.1 Å². The molecule has 1 aliphatic rings. The first-order valence-electron chi connectivity index (χ1n) is 7.86. The highest BCUT2D eigenvalue weighted by Crippen LogP contribution is 2.48. The Bertz CT molecular complexity index is 586. The first-order valence-corrected chi connectivity index (χ1v) is 7.86. The number of nitrogens with one attached hydrogen (secondary N) is 1. The highest BCUT2D eigenvalue weighted by Gasteiger charge is 2.40. The van der Waals surface area contributed by atoms with E-state index in [2.05, 4.69) is 13.0 Å². The third kappa shape index (κ3) is 4.06. The van der Waals surface area contributed by atoms with E-state index >= 15 is 0 Å². The van der Waals surface area contributed by atoms with Gasteiger partial charge < -0.3 is 5.32 Å². The van der Waals surface area contributed by atoms with Gasteiger partial charge in [0.25, 0.3) is 5.91 Å². The van der Waals surface area contributed by atoms with Gasteiger partial charge in [-0.2, -0.15) is 13.2 Å². The number of halogens is 3. The number of carbonyl (C=O) groups is 1. The molecule has 1 unspecified atom stereocenters. The lowest BCUT2D eigenvalue weighted by Gasteiger charge is -2.23. The van der Waals surface area contributed by atoms with Crippen LogP contribution in [0.3, 0.4) is 0 Å². The summed E-state index contributed by atoms with van der Waals surface area (Å²) in [6.07, 6.45) is -2.36. The molecule has 0 spiro atoms. The van der Waals surface area contributed by atoms with Crippen LogP contribution in [0.4, 0.5) is 13.2 Å². The molecule has 2 rings (SSSR count). The molecule has 23 heavy (non-hydrogen) atoms. The predicted molar refractivity (Wildman–Crippen MR) is 84.7 cm³/mol. The average Bonchev–Trinajstić information content (AvgIpc) is 3.15. The monoisotopic (exact) mass is 327 g/mol. The van der Waals surface area contributed by atoms with Crippen molar-refractivity contribution in [2.24, 2.45) is 0 Å². The summed E-state index contributed by atoms with van der Waals surface area (Å²) in [5.41, 5.74) is 2.18. The second-order valence-electron chi connectivity index (χ2n) is 7.85. The van der Waals surface area contributed by atoms with E-state index in [9.17, 15) is 18.0 Å². The summed E-state index contributed by atoms with van der Waals surface area (Å²) in [7, 11) is 0. The van der Waals surface area contributed by atoms with Gasteiger partial charge in [0.15, 0.2) is 0 Å². The van der Waals surface area contributed by atoms with Crippen molar-refractivity contribution in [2.75, 3.05) is 0 Å². The van der Waals surface area contributed by atoms with Crippen LogP contribution in [0.2, 0.25) is 0 Å². The molecule has 1 amide bonds. The van der Waals surface area contributed by atoms with E-state index in [0.29, 0.717) is 5.56 Å². The zero-order valence-electron chi connectivity index (χ0n) is 14.3. The molecule has 1 saturated carbocycles. The second-order valence-corrected chi connectivity index (χ2v) is 7.85. The molecule has 1 fully saturated rings. The first-order chi connectivity index (χ1) is 10.3. The van der Waals surface area contributed by atoms with Gasteiger partial charge >= 0.3 is 6.18 Å². The Hall–Kier alpha value is -1.52. The molecule has 1 aromatic carbocycles. The van der Waals surface area contributed by atoms with Crippen LogP contribution in [-0.2, 0) is 10.8 Å². The van der Waals surface area contributed by atoms with Crippen molar-refractivity contribution < 1.29 is 18.0 Å². The number of carbonyl (C=O) groups excluding carboxylic acids is 1. The second kappa shape index (κ2) is 5.53. The predicted octanol–water partition coefficient (Wildman–Crippen LogP) is 4.72. The molecule has 1 aromatic rings. The molecule has 0 radical (unpaired) electrons. The molecule has 0 saturated heterocycles. The molecular weight excluding hydrogens is 303 g/mol. The van der Waals surface area contributed by atoms with E-state index in [1.807, 2.05) is 26.1 Å². The maximum Gasteiger partial charge on any atom is 0.408 e. The number of amides is 1. The van der Waals surface area contributed by atoms with Gasteiger partial charge in [0.05, 0.1) is 0 Å². The van der Waals surface area contributed by atoms with Gasteiger partial charge in [-0.3, -0.25) is 4.79 Å². The van der Waals surface area contributed by atoms with Crippen molar-refractivity contribution in [2.45, 2.75) is 70.5 Å². The van der Waals surface area contributed by atoms with Gasteiger partial charge in [0.1, 0.15) is 6.04 Å². The maximum atomic E-state index is 12.7. The number of hydrogen-bond acceptors (Lipinski definition) is 1.